The molecule has 100 valence electrons. The standard InChI is InChI=1S/C15H23NO2/c1-4-18-14-8-10(2)13(7-11(14)3)15(17,9-16)12-5-6-12/h7-8,12,17H,4-6,9,16H2,1-3H3. The van der Waals surface area contributed by atoms with Crippen LogP contribution in [0.15, 0.2) is 12.1 Å². The lowest BCUT2D eigenvalue weighted by atomic mass is 9.85. The van der Waals surface area contributed by atoms with Gasteiger partial charge in [-0.05, 0) is 68.4 Å². The predicted octanol–water partition coefficient (Wildman–Crippen LogP) is 2.26. The molecule has 0 saturated heterocycles. The van der Waals surface area contributed by atoms with Gasteiger partial charge in [0.05, 0.1) is 6.61 Å². The Morgan fingerprint density at radius 1 is 1.33 bits per heavy atom. The Hall–Kier alpha value is -1.06. The van der Waals surface area contributed by atoms with Crippen molar-refractivity contribution in [3.8, 4) is 5.75 Å². The maximum absolute atomic E-state index is 10.8. The monoisotopic (exact) mass is 249 g/mol. The van der Waals surface area contributed by atoms with Gasteiger partial charge in [0.25, 0.3) is 0 Å². The van der Waals surface area contributed by atoms with Crippen molar-refractivity contribution in [2.24, 2.45) is 11.7 Å². The molecule has 3 heteroatoms. The number of rotatable bonds is 5. The van der Waals surface area contributed by atoms with Crippen LogP contribution in [-0.2, 0) is 5.60 Å². The Bertz CT molecular complexity index is 440. The van der Waals surface area contributed by atoms with Gasteiger partial charge in [0.15, 0.2) is 0 Å². The van der Waals surface area contributed by atoms with Crippen molar-refractivity contribution in [3.63, 3.8) is 0 Å². The number of ether oxygens (including phenoxy) is 1. The average molecular weight is 249 g/mol. The fourth-order valence-corrected chi connectivity index (χ4v) is 2.62. The van der Waals surface area contributed by atoms with Crippen LogP contribution in [0.5, 0.6) is 5.75 Å². The molecule has 0 spiro atoms. The SMILES string of the molecule is CCOc1cc(C)c(C(O)(CN)C2CC2)cc1C. The zero-order valence-electron chi connectivity index (χ0n) is 11.5. The highest BCUT2D eigenvalue weighted by atomic mass is 16.5. The topological polar surface area (TPSA) is 55.5 Å². The first-order valence-corrected chi connectivity index (χ1v) is 6.70. The summed E-state index contributed by atoms with van der Waals surface area (Å²) in [6.45, 7) is 6.94. The normalized spacial score (nSPS) is 18.5. The average Bonchev–Trinajstić information content (AvgIpc) is 3.17. The molecule has 1 aliphatic carbocycles. The van der Waals surface area contributed by atoms with Gasteiger partial charge in [-0.2, -0.15) is 0 Å². The maximum atomic E-state index is 10.8. The van der Waals surface area contributed by atoms with Crippen LogP contribution >= 0.6 is 0 Å². The smallest absolute Gasteiger partial charge is 0.122 e. The van der Waals surface area contributed by atoms with E-state index in [0.29, 0.717) is 12.5 Å². The summed E-state index contributed by atoms with van der Waals surface area (Å²) in [4.78, 5) is 0. The van der Waals surface area contributed by atoms with Crippen LogP contribution in [0.3, 0.4) is 0 Å². The van der Waals surface area contributed by atoms with E-state index in [2.05, 4.69) is 0 Å². The largest absolute Gasteiger partial charge is 0.494 e. The minimum absolute atomic E-state index is 0.284. The molecule has 0 bridgehead atoms. The van der Waals surface area contributed by atoms with Gasteiger partial charge in [0, 0.05) is 6.54 Å². The molecule has 2 rings (SSSR count). The van der Waals surface area contributed by atoms with Gasteiger partial charge >= 0.3 is 0 Å². The van der Waals surface area contributed by atoms with Crippen LogP contribution in [0, 0.1) is 19.8 Å². The fraction of sp³-hybridized carbons (Fsp3) is 0.600. The number of aliphatic hydroxyl groups is 1. The van der Waals surface area contributed by atoms with Crippen LogP contribution in [0.4, 0.5) is 0 Å². The minimum Gasteiger partial charge on any atom is -0.494 e. The van der Waals surface area contributed by atoms with E-state index in [1.807, 2.05) is 32.9 Å². The van der Waals surface area contributed by atoms with E-state index in [1.165, 1.54) is 0 Å². The lowest BCUT2D eigenvalue weighted by Crippen LogP contribution is -2.38. The molecule has 1 unspecified atom stereocenters. The van der Waals surface area contributed by atoms with Crippen LogP contribution < -0.4 is 10.5 Å². The third-order valence-electron chi connectivity index (χ3n) is 3.85. The first kappa shape index (κ1) is 13.4. The number of benzene rings is 1. The molecule has 0 aliphatic heterocycles. The van der Waals surface area contributed by atoms with Crippen LogP contribution in [-0.4, -0.2) is 18.3 Å². The molecule has 3 N–H and O–H groups in total. The quantitative estimate of drug-likeness (QED) is 0.841. The molecule has 0 radical (unpaired) electrons. The second-order valence-electron chi connectivity index (χ2n) is 5.27. The summed E-state index contributed by atoms with van der Waals surface area (Å²) in [5, 5.41) is 10.8. The molecule has 0 aromatic heterocycles. The molecule has 3 nitrogen and oxygen atoms in total. The highest BCUT2D eigenvalue weighted by Gasteiger charge is 2.44. The Morgan fingerprint density at radius 2 is 2.00 bits per heavy atom. The summed E-state index contributed by atoms with van der Waals surface area (Å²) in [7, 11) is 0. The van der Waals surface area contributed by atoms with Gasteiger partial charge in [-0.25, -0.2) is 0 Å². The Kier molecular flexibility index (Phi) is 3.64. The molecule has 1 saturated carbocycles. The zero-order valence-corrected chi connectivity index (χ0v) is 11.5. The molecular weight excluding hydrogens is 226 g/mol. The van der Waals surface area contributed by atoms with E-state index in [4.69, 9.17) is 10.5 Å². The summed E-state index contributed by atoms with van der Waals surface area (Å²) in [5.41, 5.74) is 8.04. The van der Waals surface area contributed by atoms with Gasteiger partial charge in [0.2, 0.25) is 0 Å². The molecule has 1 aromatic carbocycles. The molecular formula is C15H23NO2. The first-order valence-electron chi connectivity index (χ1n) is 6.70. The van der Waals surface area contributed by atoms with Gasteiger partial charge in [-0.15, -0.1) is 0 Å². The van der Waals surface area contributed by atoms with Gasteiger partial charge < -0.3 is 15.6 Å². The highest BCUT2D eigenvalue weighted by molar-refractivity contribution is 5.45. The van der Waals surface area contributed by atoms with Gasteiger partial charge in [-0.3, -0.25) is 0 Å². The molecule has 1 aliphatic rings. The molecule has 18 heavy (non-hydrogen) atoms. The summed E-state index contributed by atoms with van der Waals surface area (Å²) in [5.74, 6) is 1.22. The van der Waals surface area contributed by atoms with E-state index in [1.54, 1.807) is 0 Å². The van der Waals surface area contributed by atoms with Crippen molar-refractivity contribution >= 4 is 0 Å². The third kappa shape index (κ3) is 2.25. The van der Waals surface area contributed by atoms with Crippen molar-refractivity contribution < 1.29 is 9.84 Å². The summed E-state index contributed by atoms with van der Waals surface area (Å²) in [6, 6.07) is 4.04. The third-order valence-corrected chi connectivity index (χ3v) is 3.85. The Balaban J connectivity index is 2.41. The number of hydrogen-bond donors (Lipinski definition) is 2. The highest BCUT2D eigenvalue weighted by Crippen LogP contribution is 2.46. The number of aryl methyl sites for hydroxylation is 2. The van der Waals surface area contributed by atoms with Crippen molar-refractivity contribution in [2.75, 3.05) is 13.2 Å². The van der Waals surface area contributed by atoms with Crippen molar-refractivity contribution in [1.82, 2.24) is 0 Å². The predicted molar refractivity (Wildman–Crippen MR) is 72.8 cm³/mol. The van der Waals surface area contributed by atoms with Crippen LogP contribution in [0.2, 0.25) is 0 Å². The van der Waals surface area contributed by atoms with Gasteiger partial charge in [-0.1, -0.05) is 0 Å². The Morgan fingerprint density at radius 3 is 2.50 bits per heavy atom. The van der Waals surface area contributed by atoms with Crippen molar-refractivity contribution in [1.29, 1.82) is 0 Å². The van der Waals surface area contributed by atoms with Gasteiger partial charge in [0.1, 0.15) is 11.4 Å². The van der Waals surface area contributed by atoms with E-state index in [9.17, 15) is 5.11 Å². The van der Waals surface area contributed by atoms with E-state index in [-0.39, 0.29) is 6.54 Å². The summed E-state index contributed by atoms with van der Waals surface area (Å²) in [6.07, 6.45) is 2.14. The molecule has 1 aromatic rings. The van der Waals surface area contributed by atoms with Crippen molar-refractivity contribution in [2.45, 2.75) is 39.2 Å². The lowest BCUT2D eigenvalue weighted by Gasteiger charge is -2.29. The van der Waals surface area contributed by atoms with E-state index >= 15 is 0 Å². The van der Waals surface area contributed by atoms with Crippen LogP contribution in [0.25, 0.3) is 0 Å². The lowest BCUT2D eigenvalue weighted by molar-refractivity contribution is 0.0215. The first-order chi connectivity index (χ1) is 8.52. The molecule has 0 amide bonds. The minimum atomic E-state index is -0.862. The number of hydrogen-bond acceptors (Lipinski definition) is 3. The van der Waals surface area contributed by atoms with E-state index in [0.717, 1.165) is 35.3 Å². The second kappa shape index (κ2) is 4.90. The summed E-state index contributed by atoms with van der Waals surface area (Å²) < 4.78 is 5.58. The zero-order chi connectivity index (χ0) is 13.3. The summed E-state index contributed by atoms with van der Waals surface area (Å²) >= 11 is 0. The molecule has 0 heterocycles. The second-order valence-corrected chi connectivity index (χ2v) is 5.27. The van der Waals surface area contributed by atoms with Crippen LogP contribution in [0.1, 0.15) is 36.5 Å². The fourth-order valence-electron chi connectivity index (χ4n) is 2.62. The van der Waals surface area contributed by atoms with E-state index < -0.39 is 5.60 Å². The Labute approximate surface area is 109 Å². The molecule has 1 atom stereocenters. The van der Waals surface area contributed by atoms with Crippen molar-refractivity contribution in [3.05, 3.63) is 28.8 Å². The maximum Gasteiger partial charge on any atom is 0.122 e. The molecule has 1 fully saturated rings. The number of nitrogens with two attached hydrogens (primary N) is 1.